The van der Waals surface area contributed by atoms with E-state index < -0.39 is 0 Å². The maximum absolute atomic E-state index is 5.74. The number of hydrogen-bond donors (Lipinski definition) is 2. The van der Waals surface area contributed by atoms with Crippen LogP contribution in [0.15, 0.2) is 17.1 Å². The lowest BCUT2D eigenvalue weighted by atomic mass is 10.1. The lowest BCUT2D eigenvalue weighted by Gasteiger charge is -2.26. The second-order valence-electron chi connectivity index (χ2n) is 5.55. The molecule has 1 aliphatic rings. The Morgan fingerprint density at radius 3 is 2.63 bits per heavy atom. The van der Waals surface area contributed by atoms with Gasteiger partial charge in [-0.3, -0.25) is 0 Å². The Morgan fingerprint density at radius 2 is 1.95 bits per heavy atom. The Balaban J connectivity index is 1.92. The SMILES string of the molecule is C=C(C)CN=C(N)NCCCCCN1CCCCC1. The monoisotopic (exact) mass is 266 g/mol. The van der Waals surface area contributed by atoms with E-state index in [-0.39, 0.29) is 0 Å². The van der Waals surface area contributed by atoms with Crippen molar-refractivity contribution in [2.24, 2.45) is 10.7 Å². The quantitative estimate of drug-likeness (QED) is 0.306. The molecule has 0 atom stereocenters. The van der Waals surface area contributed by atoms with Crippen LogP contribution in [-0.2, 0) is 0 Å². The predicted molar refractivity (Wildman–Crippen MR) is 83.4 cm³/mol. The van der Waals surface area contributed by atoms with Gasteiger partial charge in [-0.2, -0.15) is 0 Å². The summed E-state index contributed by atoms with van der Waals surface area (Å²) in [4.78, 5) is 6.79. The molecule has 1 fully saturated rings. The van der Waals surface area contributed by atoms with Gasteiger partial charge in [-0.1, -0.05) is 25.0 Å². The van der Waals surface area contributed by atoms with Crippen molar-refractivity contribution in [2.75, 3.05) is 32.7 Å². The van der Waals surface area contributed by atoms with Crippen LogP contribution in [0, 0.1) is 0 Å². The van der Waals surface area contributed by atoms with Crippen LogP contribution in [-0.4, -0.2) is 43.6 Å². The average molecular weight is 266 g/mol. The largest absolute Gasteiger partial charge is 0.370 e. The minimum absolute atomic E-state index is 0.541. The lowest BCUT2D eigenvalue weighted by molar-refractivity contribution is 0.224. The van der Waals surface area contributed by atoms with Crippen molar-refractivity contribution in [3.63, 3.8) is 0 Å². The number of piperidine rings is 1. The molecule has 0 aromatic rings. The molecule has 0 aromatic heterocycles. The molecule has 0 aliphatic carbocycles. The van der Waals surface area contributed by atoms with Gasteiger partial charge in [0.2, 0.25) is 0 Å². The van der Waals surface area contributed by atoms with Crippen LogP contribution in [0.1, 0.15) is 45.4 Å². The Morgan fingerprint density at radius 1 is 1.21 bits per heavy atom. The molecule has 0 saturated carbocycles. The Kier molecular flexibility index (Phi) is 8.30. The van der Waals surface area contributed by atoms with E-state index in [0.717, 1.165) is 18.5 Å². The number of hydrogen-bond acceptors (Lipinski definition) is 2. The highest BCUT2D eigenvalue weighted by molar-refractivity contribution is 5.77. The van der Waals surface area contributed by atoms with E-state index in [1.807, 2.05) is 6.92 Å². The van der Waals surface area contributed by atoms with Gasteiger partial charge >= 0.3 is 0 Å². The van der Waals surface area contributed by atoms with Crippen LogP contribution in [0.25, 0.3) is 0 Å². The molecule has 1 rings (SSSR count). The molecule has 110 valence electrons. The summed E-state index contributed by atoms with van der Waals surface area (Å²) in [6.07, 6.45) is 7.91. The molecule has 0 bridgehead atoms. The molecule has 1 saturated heterocycles. The van der Waals surface area contributed by atoms with Gasteiger partial charge in [0, 0.05) is 6.54 Å². The summed E-state index contributed by atoms with van der Waals surface area (Å²) in [6.45, 7) is 11.2. The summed E-state index contributed by atoms with van der Waals surface area (Å²) in [5.74, 6) is 0.541. The van der Waals surface area contributed by atoms with Crippen LogP contribution in [0.3, 0.4) is 0 Å². The van der Waals surface area contributed by atoms with Gasteiger partial charge in [-0.05, 0) is 52.2 Å². The van der Waals surface area contributed by atoms with E-state index in [2.05, 4.69) is 21.8 Å². The number of rotatable bonds is 8. The molecule has 1 heterocycles. The smallest absolute Gasteiger partial charge is 0.188 e. The van der Waals surface area contributed by atoms with Crippen molar-refractivity contribution in [3.05, 3.63) is 12.2 Å². The van der Waals surface area contributed by atoms with E-state index in [9.17, 15) is 0 Å². The van der Waals surface area contributed by atoms with Crippen LogP contribution < -0.4 is 11.1 Å². The van der Waals surface area contributed by atoms with E-state index in [1.54, 1.807) is 0 Å². The van der Waals surface area contributed by atoms with E-state index in [4.69, 9.17) is 5.73 Å². The Bertz CT molecular complexity index is 280. The van der Waals surface area contributed by atoms with Gasteiger partial charge in [-0.25, -0.2) is 4.99 Å². The molecule has 19 heavy (non-hydrogen) atoms. The van der Waals surface area contributed by atoms with Gasteiger partial charge in [0.15, 0.2) is 5.96 Å². The first kappa shape index (κ1) is 16.0. The zero-order chi connectivity index (χ0) is 13.9. The molecular formula is C15H30N4. The summed E-state index contributed by atoms with van der Waals surface area (Å²) in [6, 6.07) is 0. The normalized spacial score (nSPS) is 17.4. The molecule has 0 unspecified atom stereocenters. The first-order valence-corrected chi connectivity index (χ1v) is 7.59. The average Bonchev–Trinajstić information content (AvgIpc) is 2.41. The molecule has 3 N–H and O–H groups in total. The maximum Gasteiger partial charge on any atom is 0.188 e. The Labute approximate surface area is 118 Å². The van der Waals surface area contributed by atoms with E-state index in [0.29, 0.717) is 12.5 Å². The standard InChI is InChI=1S/C15H30N4/c1-14(2)13-18-15(16)17-9-5-3-6-10-19-11-7-4-8-12-19/h1,3-13H2,2H3,(H3,16,17,18). The van der Waals surface area contributed by atoms with Crippen LogP contribution >= 0.6 is 0 Å². The van der Waals surface area contributed by atoms with Crippen molar-refractivity contribution in [1.82, 2.24) is 10.2 Å². The number of nitrogens with two attached hydrogens (primary N) is 1. The topological polar surface area (TPSA) is 53.6 Å². The predicted octanol–water partition coefficient (Wildman–Crippen LogP) is 2.12. The second kappa shape index (κ2) is 9.84. The van der Waals surface area contributed by atoms with Crippen LogP contribution in [0.4, 0.5) is 0 Å². The van der Waals surface area contributed by atoms with E-state index >= 15 is 0 Å². The molecule has 0 amide bonds. The zero-order valence-corrected chi connectivity index (χ0v) is 12.5. The van der Waals surface area contributed by atoms with Gasteiger partial charge in [0.05, 0.1) is 6.54 Å². The number of likely N-dealkylation sites (tertiary alicyclic amines) is 1. The highest BCUT2D eigenvalue weighted by Gasteiger charge is 2.08. The molecule has 0 aromatic carbocycles. The summed E-state index contributed by atoms with van der Waals surface area (Å²) in [5, 5.41) is 3.15. The van der Waals surface area contributed by atoms with Crippen molar-refractivity contribution >= 4 is 5.96 Å². The molecule has 0 spiro atoms. The first-order valence-electron chi connectivity index (χ1n) is 7.59. The molecule has 1 aliphatic heterocycles. The number of nitrogens with zero attached hydrogens (tertiary/aromatic N) is 2. The fourth-order valence-electron chi connectivity index (χ4n) is 2.31. The number of guanidine groups is 1. The summed E-state index contributed by atoms with van der Waals surface area (Å²) >= 11 is 0. The third-order valence-electron chi connectivity index (χ3n) is 3.43. The first-order chi connectivity index (χ1) is 9.18. The van der Waals surface area contributed by atoms with Gasteiger partial charge < -0.3 is 16.0 Å². The minimum Gasteiger partial charge on any atom is -0.370 e. The minimum atomic E-state index is 0.541. The fraction of sp³-hybridized carbons (Fsp3) is 0.800. The van der Waals surface area contributed by atoms with Crippen LogP contribution in [0.5, 0.6) is 0 Å². The van der Waals surface area contributed by atoms with Crippen molar-refractivity contribution < 1.29 is 0 Å². The van der Waals surface area contributed by atoms with Crippen molar-refractivity contribution in [2.45, 2.75) is 45.4 Å². The number of unbranched alkanes of at least 4 members (excludes halogenated alkanes) is 2. The summed E-state index contributed by atoms with van der Waals surface area (Å²) < 4.78 is 0. The van der Waals surface area contributed by atoms with Gasteiger partial charge in [0.25, 0.3) is 0 Å². The zero-order valence-electron chi connectivity index (χ0n) is 12.5. The van der Waals surface area contributed by atoms with Crippen molar-refractivity contribution in [3.8, 4) is 0 Å². The van der Waals surface area contributed by atoms with Crippen molar-refractivity contribution in [1.29, 1.82) is 0 Å². The summed E-state index contributed by atoms with van der Waals surface area (Å²) in [7, 11) is 0. The highest BCUT2D eigenvalue weighted by atomic mass is 15.1. The summed E-state index contributed by atoms with van der Waals surface area (Å²) in [5.41, 5.74) is 6.78. The lowest BCUT2D eigenvalue weighted by Crippen LogP contribution is -2.33. The number of nitrogens with one attached hydrogen (secondary N) is 1. The molecular weight excluding hydrogens is 236 g/mol. The molecule has 4 nitrogen and oxygen atoms in total. The highest BCUT2D eigenvalue weighted by Crippen LogP contribution is 2.09. The number of aliphatic imine (C=N–C) groups is 1. The fourth-order valence-corrected chi connectivity index (χ4v) is 2.31. The van der Waals surface area contributed by atoms with Crippen LogP contribution in [0.2, 0.25) is 0 Å². The third-order valence-corrected chi connectivity index (χ3v) is 3.43. The third kappa shape index (κ3) is 8.65. The maximum atomic E-state index is 5.74. The van der Waals surface area contributed by atoms with Gasteiger partial charge in [-0.15, -0.1) is 0 Å². The van der Waals surface area contributed by atoms with E-state index in [1.165, 1.54) is 51.7 Å². The Hall–Kier alpha value is -1.03. The molecule has 0 radical (unpaired) electrons. The van der Waals surface area contributed by atoms with Gasteiger partial charge in [0.1, 0.15) is 0 Å². The molecule has 4 heteroatoms. The second-order valence-corrected chi connectivity index (χ2v) is 5.55.